The number of thioether (sulfide) groups is 1. The number of anilines is 3. The van der Waals surface area contributed by atoms with Crippen LogP contribution in [-0.2, 0) is 10.2 Å². The number of aromatic nitrogens is 2. The minimum Gasteiger partial charge on any atom is -0.340 e. The summed E-state index contributed by atoms with van der Waals surface area (Å²) >= 11 is 1.82. The Morgan fingerprint density at radius 3 is 2.65 bits per heavy atom. The lowest BCUT2D eigenvalue weighted by atomic mass is 9.86. The molecule has 5 rings (SSSR count). The molecule has 6 heteroatoms. The summed E-state index contributed by atoms with van der Waals surface area (Å²) in [5, 5.41) is 8.23. The Morgan fingerprint density at radius 2 is 1.85 bits per heavy atom. The Bertz CT molecular complexity index is 1470. The van der Waals surface area contributed by atoms with Crippen molar-refractivity contribution in [1.29, 1.82) is 0 Å². The summed E-state index contributed by atoms with van der Waals surface area (Å²) in [6.07, 6.45) is 3.58. The number of rotatable bonds is 4. The first-order valence-electron chi connectivity index (χ1n) is 11.2. The van der Waals surface area contributed by atoms with E-state index in [0.29, 0.717) is 5.69 Å². The third kappa shape index (κ3) is 4.23. The molecule has 1 aliphatic rings. The SMILES string of the molecule is CCSc1ccc(Nc2cc3c(C#Cc4ccc5c(c4)NC(=O)C5(C)C)nccc3cn2)cc1. The standard InChI is InChI=1S/C28H24N4OS/c1-4-34-21-9-7-20(8-10-21)31-26-16-22-19(17-30-26)13-14-29-24(22)12-6-18-5-11-23-25(15-18)32-27(33)28(23,2)3/h5,7-11,13-17H,4H2,1-3H3,(H,30,31)(H,32,33). The van der Waals surface area contributed by atoms with E-state index in [2.05, 4.69) is 63.6 Å². The Balaban J connectivity index is 1.43. The molecule has 2 aromatic heterocycles. The molecule has 0 bridgehead atoms. The lowest BCUT2D eigenvalue weighted by Crippen LogP contribution is -2.26. The fourth-order valence-electron chi connectivity index (χ4n) is 3.99. The van der Waals surface area contributed by atoms with Crippen molar-refractivity contribution in [2.75, 3.05) is 16.4 Å². The van der Waals surface area contributed by atoms with Gasteiger partial charge in [0.15, 0.2) is 0 Å². The van der Waals surface area contributed by atoms with Gasteiger partial charge in [0.1, 0.15) is 11.5 Å². The Labute approximate surface area is 203 Å². The number of nitrogens with one attached hydrogen (secondary N) is 2. The number of carbonyl (C=O) groups is 1. The van der Waals surface area contributed by atoms with E-state index in [1.165, 1.54) is 4.90 Å². The van der Waals surface area contributed by atoms with Crippen LogP contribution in [0.4, 0.5) is 17.2 Å². The summed E-state index contributed by atoms with van der Waals surface area (Å²) in [7, 11) is 0. The van der Waals surface area contributed by atoms with Crippen molar-refractivity contribution in [2.24, 2.45) is 0 Å². The van der Waals surface area contributed by atoms with Gasteiger partial charge in [-0.05, 0) is 79.6 Å². The number of nitrogens with zero attached hydrogens (tertiary/aromatic N) is 2. The maximum Gasteiger partial charge on any atom is 0.234 e. The molecule has 0 saturated heterocycles. The van der Waals surface area contributed by atoms with Gasteiger partial charge in [-0.1, -0.05) is 18.9 Å². The highest BCUT2D eigenvalue weighted by atomic mass is 32.2. The maximum atomic E-state index is 12.2. The van der Waals surface area contributed by atoms with Gasteiger partial charge in [-0.25, -0.2) is 9.97 Å². The summed E-state index contributed by atoms with van der Waals surface area (Å²) in [5.41, 5.74) is 3.79. The molecule has 0 fully saturated rings. The molecule has 0 saturated carbocycles. The number of benzene rings is 2. The molecule has 0 radical (unpaired) electrons. The van der Waals surface area contributed by atoms with Crippen LogP contribution in [0.15, 0.2) is 71.9 Å². The van der Waals surface area contributed by atoms with Crippen LogP contribution in [0.3, 0.4) is 0 Å². The lowest BCUT2D eigenvalue weighted by molar-refractivity contribution is -0.119. The van der Waals surface area contributed by atoms with Crippen LogP contribution in [0.25, 0.3) is 10.8 Å². The fraction of sp³-hybridized carbons (Fsp3) is 0.179. The average molecular weight is 465 g/mol. The summed E-state index contributed by atoms with van der Waals surface area (Å²) in [4.78, 5) is 22.5. The monoisotopic (exact) mass is 464 g/mol. The van der Waals surface area contributed by atoms with Gasteiger partial charge in [0.2, 0.25) is 5.91 Å². The zero-order valence-electron chi connectivity index (χ0n) is 19.3. The molecule has 1 aliphatic heterocycles. The Hall–Kier alpha value is -3.82. The number of pyridine rings is 2. The van der Waals surface area contributed by atoms with E-state index in [9.17, 15) is 4.79 Å². The van der Waals surface area contributed by atoms with Crippen LogP contribution in [0.2, 0.25) is 0 Å². The van der Waals surface area contributed by atoms with Gasteiger partial charge in [0.25, 0.3) is 0 Å². The number of hydrogen-bond donors (Lipinski definition) is 2. The molecule has 5 nitrogen and oxygen atoms in total. The number of amides is 1. The molecule has 4 aromatic rings. The van der Waals surface area contributed by atoms with Crippen LogP contribution >= 0.6 is 11.8 Å². The van der Waals surface area contributed by atoms with Gasteiger partial charge in [0, 0.05) is 45.0 Å². The van der Waals surface area contributed by atoms with Gasteiger partial charge in [-0.2, -0.15) is 0 Å². The molecule has 0 atom stereocenters. The third-order valence-electron chi connectivity index (χ3n) is 5.92. The first kappa shape index (κ1) is 22.0. The van der Waals surface area contributed by atoms with Crippen molar-refractivity contribution >= 4 is 45.6 Å². The first-order valence-corrected chi connectivity index (χ1v) is 12.2. The predicted octanol–water partition coefficient (Wildman–Crippen LogP) is 6.11. The van der Waals surface area contributed by atoms with E-state index in [-0.39, 0.29) is 5.91 Å². The highest BCUT2D eigenvalue weighted by molar-refractivity contribution is 7.99. The van der Waals surface area contributed by atoms with Crippen molar-refractivity contribution < 1.29 is 4.79 Å². The summed E-state index contributed by atoms with van der Waals surface area (Å²) in [6.45, 7) is 6.00. The van der Waals surface area contributed by atoms with Crippen molar-refractivity contribution in [3.05, 3.63) is 83.8 Å². The van der Waals surface area contributed by atoms with Gasteiger partial charge < -0.3 is 10.6 Å². The normalized spacial score (nSPS) is 13.7. The van der Waals surface area contributed by atoms with Crippen LogP contribution in [0.5, 0.6) is 0 Å². The van der Waals surface area contributed by atoms with E-state index in [4.69, 9.17) is 0 Å². The van der Waals surface area contributed by atoms with E-state index < -0.39 is 5.41 Å². The number of carbonyl (C=O) groups excluding carboxylic acids is 1. The topological polar surface area (TPSA) is 66.9 Å². The van der Waals surface area contributed by atoms with E-state index >= 15 is 0 Å². The molecule has 168 valence electrons. The number of hydrogen-bond acceptors (Lipinski definition) is 5. The minimum absolute atomic E-state index is 0.00890. The van der Waals surface area contributed by atoms with E-state index in [0.717, 1.165) is 44.8 Å². The second-order valence-electron chi connectivity index (χ2n) is 8.62. The first-order chi connectivity index (χ1) is 16.4. The van der Waals surface area contributed by atoms with Gasteiger partial charge >= 0.3 is 0 Å². The summed E-state index contributed by atoms with van der Waals surface area (Å²) in [6, 6.07) is 18.1. The van der Waals surface area contributed by atoms with Crippen LogP contribution in [0, 0.1) is 11.8 Å². The van der Waals surface area contributed by atoms with E-state index in [1.807, 2.05) is 62.1 Å². The van der Waals surface area contributed by atoms with Gasteiger partial charge in [0.05, 0.1) is 5.41 Å². The molecule has 34 heavy (non-hydrogen) atoms. The molecule has 0 aliphatic carbocycles. The molecule has 3 heterocycles. The Kier molecular flexibility index (Phi) is 5.72. The van der Waals surface area contributed by atoms with Crippen LogP contribution in [0.1, 0.15) is 37.6 Å². The maximum absolute atomic E-state index is 12.2. The average Bonchev–Trinajstić information content (AvgIpc) is 3.06. The molecular formula is C28H24N4OS. The molecule has 0 spiro atoms. The van der Waals surface area contributed by atoms with Crippen molar-refractivity contribution in [3.63, 3.8) is 0 Å². The van der Waals surface area contributed by atoms with Gasteiger partial charge in [-0.3, -0.25) is 4.79 Å². The molecule has 0 unspecified atom stereocenters. The third-order valence-corrected chi connectivity index (χ3v) is 6.81. The predicted molar refractivity (Wildman–Crippen MR) is 140 cm³/mol. The molecular weight excluding hydrogens is 440 g/mol. The largest absolute Gasteiger partial charge is 0.340 e. The highest BCUT2D eigenvalue weighted by Gasteiger charge is 2.38. The van der Waals surface area contributed by atoms with E-state index in [1.54, 1.807) is 6.20 Å². The summed E-state index contributed by atoms with van der Waals surface area (Å²) in [5.74, 6) is 8.21. The zero-order valence-corrected chi connectivity index (χ0v) is 20.1. The summed E-state index contributed by atoms with van der Waals surface area (Å²) < 4.78 is 0. The lowest BCUT2D eigenvalue weighted by Gasteiger charge is -2.14. The van der Waals surface area contributed by atoms with Crippen LogP contribution in [-0.4, -0.2) is 21.6 Å². The van der Waals surface area contributed by atoms with Crippen molar-refractivity contribution in [2.45, 2.75) is 31.1 Å². The molecule has 2 N–H and O–H groups in total. The Morgan fingerprint density at radius 1 is 1.03 bits per heavy atom. The smallest absolute Gasteiger partial charge is 0.234 e. The zero-order chi connectivity index (χ0) is 23.7. The molecule has 2 aromatic carbocycles. The molecule has 1 amide bonds. The van der Waals surface area contributed by atoms with Gasteiger partial charge in [-0.15, -0.1) is 11.8 Å². The minimum atomic E-state index is -0.524. The second kappa shape index (κ2) is 8.85. The van der Waals surface area contributed by atoms with Crippen LogP contribution < -0.4 is 10.6 Å². The number of fused-ring (bicyclic) bond motifs is 2. The fourth-order valence-corrected chi connectivity index (χ4v) is 4.65. The quantitative estimate of drug-likeness (QED) is 0.282. The van der Waals surface area contributed by atoms with Crippen molar-refractivity contribution in [3.8, 4) is 11.8 Å². The van der Waals surface area contributed by atoms with Crippen molar-refractivity contribution in [1.82, 2.24) is 9.97 Å². The second-order valence-corrected chi connectivity index (χ2v) is 9.96. The highest BCUT2D eigenvalue weighted by Crippen LogP contribution is 2.37.